The van der Waals surface area contributed by atoms with Crippen LogP contribution in [0.5, 0.6) is 0 Å². The van der Waals surface area contributed by atoms with Crippen LogP contribution in [0.15, 0.2) is 24.3 Å². The largest absolute Gasteiger partial charge is 0.350 e. The molecule has 0 heterocycles. The molecule has 0 fully saturated rings. The van der Waals surface area contributed by atoms with Crippen molar-refractivity contribution in [1.82, 2.24) is 15.5 Å². The van der Waals surface area contributed by atoms with Crippen molar-refractivity contribution in [2.45, 2.75) is 5.88 Å². The smallest absolute Gasteiger partial charge is 0.316 e. The normalized spacial score (nSPS) is 9.84. The number of amides is 3. The second-order valence-corrected chi connectivity index (χ2v) is 4.48. The molecule has 0 radical (unpaired) electrons. The number of carbonyl (C=O) groups excluding carboxylic acids is 2. The predicted octanol–water partition coefficient (Wildman–Crippen LogP) is 1.43. The third kappa shape index (κ3) is 5.18. The third-order valence-corrected chi connectivity index (χ3v) is 2.75. The summed E-state index contributed by atoms with van der Waals surface area (Å²) in [6.07, 6.45) is 0. The van der Waals surface area contributed by atoms with Gasteiger partial charge in [-0.1, -0.05) is 12.1 Å². The Morgan fingerprint density at radius 1 is 1.21 bits per heavy atom. The van der Waals surface area contributed by atoms with Crippen LogP contribution in [0.3, 0.4) is 0 Å². The first-order valence-corrected chi connectivity index (χ1v) is 6.46. The fourth-order valence-electron chi connectivity index (χ4n) is 1.40. The Kier molecular flexibility index (Phi) is 6.15. The third-order valence-electron chi connectivity index (χ3n) is 2.44. The lowest BCUT2D eigenvalue weighted by molar-refractivity contribution is 0.0953. The zero-order valence-corrected chi connectivity index (χ0v) is 11.8. The molecule has 1 aromatic carbocycles. The molecule has 1 aromatic rings. The second kappa shape index (κ2) is 7.63. The maximum atomic E-state index is 11.8. The van der Waals surface area contributed by atoms with Crippen molar-refractivity contribution in [3.63, 3.8) is 0 Å². The number of urea groups is 1. The van der Waals surface area contributed by atoms with Gasteiger partial charge in [0.05, 0.1) is 0 Å². The number of rotatable bonds is 5. The fourth-order valence-corrected chi connectivity index (χ4v) is 1.57. The van der Waals surface area contributed by atoms with Crippen molar-refractivity contribution in [2.24, 2.45) is 0 Å². The van der Waals surface area contributed by atoms with Crippen LogP contribution in [0.2, 0.25) is 0 Å². The molecule has 6 heteroatoms. The van der Waals surface area contributed by atoms with Crippen molar-refractivity contribution in [2.75, 3.05) is 27.2 Å². The molecule has 0 saturated carbocycles. The van der Waals surface area contributed by atoms with E-state index in [1.165, 1.54) is 4.90 Å². The highest BCUT2D eigenvalue weighted by Gasteiger charge is 2.06. The van der Waals surface area contributed by atoms with Crippen molar-refractivity contribution in [3.8, 4) is 0 Å². The first-order valence-electron chi connectivity index (χ1n) is 5.93. The summed E-state index contributed by atoms with van der Waals surface area (Å²) in [6, 6.07) is 6.95. The Hall–Kier alpha value is -1.75. The topological polar surface area (TPSA) is 61.4 Å². The molecular weight excluding hydrogens is 266 g/mol. The molecule has 0 saturated heterocycles. The molecule has 0 atom stereocenters. The molecule has 1 rings (SSSR count). The Balaban J connectivity index is 2.37. The van der Waals surface area contributed by atoms with Gasteiger partial charge < -0.3 is 15.5 Å². The first-order chi connectivity index (χ1) is 9.04. The lowest BCUT2D eigenvalue weighted by Gasteiger charge is -2.12. The Labute approximate surface area is 117 Å². The Morgan fingerprint density at radius 3 is 2.53 bits per heavy atom. The fraction of sp³-hybridized carbons (Fsp3) is 0.385. The summed E-state index contributed by atoms with van der Waals surface area (Å²) in [5.74, 6) is 0.200. The monoisotopic (exact) mass is 283 g/mol. The van der Waals surface area contributed by atoms with Crippen LogP contribution in [0.25, 0.3) is 0 Å². The molecular formula is C13H18ClN3O2. The molecule has 19 heavy (non-hydrogen) atoms. The molecule has 3 amide bonds. The van der Waals surface area contributed by atoms with E-state index in [0.717, 1.165) is 5.56 Å². The van der Waals surface area contributed by atoms with E-state index in [1.54, 1.807) is 32.3 Å². The van der Waals surface area contributed by atoms with Crippen molar-refractivity contribution < 1.29 is 9.59 Å². The van der Waals surface area contributed by atoms with Crippen LogP contribution in [-0.2, 0) is 5.88 Å². The van der Waals surface area contributed by atoms with E-state index in [9.17, 15) is 9.59 Å². The summed E-state index contributed by atoms with van der Waals surface area (Å²) in [5.41, 5.74) is 1.47. The van der Waals surface area contributed by atoms with Gasteiger partial charge in [0, 0.05) is 38.6 Å². The van der Waals surface area contributed by atoms with Gasteiger partial charge in [0.1, 0.15) is 0 Å². The lowest BCUT2D eigenvalue weighted by atomic mass is 10.1. The molecule has 104 valence electrons. The molecule has 5 nitrogen and oxygen atoms in total. The van der Waals surface area contributed by atoms with E-state index in [-0.39, 0.29) is 11.9 Å². The zero-order chi connectivity index (χ0) is 14.3. The summed E-state index contributed by atoms with van der Waals surface area (Å²) < 4.78 is 0. The maximum absolute atomic E-state index is 11.8. The van der Waals surface area contributed by atoms with Gasteiger partial charge in [0.15, 0.2) is 0 Å². The molecule has 0 unspecified atom stereocenters. The van der Waals surface area contributed by atoms with E-state index in [4.69, 9.17) is 11.6 Å². The Morgan fingerprint density at radius 2 is 1.89 bits per heavy atom. The highest BCUT2D eigenvalue weighted by atomic mass is 35.5. The van der Waals surface area contributed by atoms with Crippen LogP contribution in [-0.4, -0.2) is 44.0 Å². The van der Waals surface area contributed by atoms with Gasteiger partial charge >= 0.3 is 6.03 Å². The average Bonchev–Trinajstić information content (AvgIpc) is 2.42. The van der Waals surface area contributed by atoms with E-state index in [2.05, 4.69) is 10.6 Å². The predicted molar refractivity (Wildman–Crippen MR) is 75.4 cm³/mol. The van der Waals surface area contributed by atoms with Crippen molar-refractivity contribution in [3.05, 3.63) is 35.4 Å². The van der Waals surface area contributed by atoms with Crippen LogP contribution >= 0.6 is 11.6 Å². The van der Waals surface area contributed by atoms with Crippen LogP contribution < -0.4 is 10.6 Å². The number of carbonyl (C=O) groups is 2. The minimum absolute atomic E-state index is 0.175. The van der Waals surface area contributed by atoms with Gasteiger partial charge in [-0.3, -0.25) is 4.79 Å². The number of alkyl halides is 1. The highest BCUT2D eigenvalue weighted by Crippen LogP contribution is 2.07. The van der Waals surface area contributed by atoms with Crippen molar-refractivity contribution in [1.29, 1.82) is 0 Å². The number of nitrogens with one attached hydrogen (secondary N) is 2. The van der Waals surface area contributed by atoms with E-state index in [1.807, 2.05) is 6.07 Å². The number of hydrogen-bond acceptors (Lipinski definition) is 2. The van der Waals surface area contributed by atoms with Gasteiger partial charge in [-0.25, -0.2) is 4.79 Å². The Bertz CT molecular complexity index is 449. The zero-order valence-electron chi connectivity index (χ0n) is 11.1. The highest BCUT2D eigenvalue weighted by molar-refractivity contribution is 6.17. The van der Waals surface area contributed by atoms with Gasteiger partial charge in [-0.05, 0) is 17.7 Å². The lowest BCUT2D eigenvalue weighted by Crippen LogP contribution is -2.39. The summed E-state index contributed by atoms with van der Waals surface area (Å²) in [7, 11) is 3.32. The first kappa shape index (κ1) is 15.3. The molecule has 0 aliphatic carbocycles. The summed E-state index contributed by atoms with van der Waals surface area (Å²) >= 11 is 5.71. The number of halogens is 1. The molecule has 0 aliphatic heterocycles. The average molecular weight is 284 g/mol. The summed E-state index contributed by atoms with van der Waals surface area (Å²) in [6.45, 7) is 0.765. The molecule has 0 bridgehead atoms. The molecule has 0 aliphatic rings. The second-order valence-electron chi connectivity index (χ2n) is 4.22. The van der Waals surface area contributed by atoms with Crippen LogP contribution in [0.4, 0.5) is 4.79 Å². The number of benzene rings is 1. The van der Waals surface area contributed by atoms with Crippen LogP contribution in [0, 0.1) is 0 Å². The van der Waals surface area contributed by atoms with Gasteiger partial charge in [0.2, 0.25) is 0 Å². The standard InChI is InChI=1S/C13H18ClN3O2/c1-17(2)13(19)16-7-6-15-12(18)11-5-3-4-10(8-11)9-14/h3-5,8H,6-7,9H2,1-2H3,(H,15,18)(H,16,19). The van der Waals surface area contributed by atoms with Crippen molar-refractivity contribution >= 4 is 23.5 Å². The number of hydrogen-bond donors (Lipinski definition) is 2. The summed E-state index contributed by atoms with van der Waals surface area (Å²) in [4.78, 5) is 24.5. The maximum Gasteiger partial charge on any atom is 0.316 e. The minimum Gasteiger partial charge on any atom is -0.350 e. The minimum atomic E-state index is -0.182. The van der Waals surface area contributed by atoms with Gasteiger partial charge in [-0.15, -0.1) is 11.6 Å². The summed E-state index contributed by atoms with van der Waals surface area (Å²) in [5, 5.41) is 5.39. The van der Waals surface area contributed by atoms with Gasteiger partial charge in [-0.2, -0.15) is 0 Å². The quantitative estimate of drug-likeness (QED) is 0.634. The SMILES string of the molecule is CN(C)C(=O)NCCNC(=O)c1cccc(CCl)c1. The van der Waals surface area contributed by atoms with E-state index >= 15 is 0 Å². The number of nitrogens with zero attached hydrogens (tertiary/aromatic N) is 1. The van der Waals surface area contributed by atoms with Crippen LogP contribution in [0.1, 0.15) is 15.9 Å². The van der Waals surface area contributed by atoms with E-state index in [0.29, 0.717) is 24.5 Å². The van der Waals surface area contributed by atoms with Gasteiger partial charge in [0.25, 0.3) is 5.91 Å². The molecule has 0 spiro atoms. The molecule has 0 aromatic heterocycles. The van der Waals surface area contributed by atoms with E-state index < -0.39 is 0 Å². The molecule has 2 N–H and O–H groups in total.